The molecule has 0 unspecified atom stereocenters. The number of carbonyl (C=O) groups is 2. The molecule has 0 aliphatic carbocycles. The van der Waals surface area contributed by atoms with E-state index >= 15 is 0 Å². The summed E-state index contributed by atoms with van der Waals surface area (Å²) in [5.74, 6) is -1.06. The first kappa shape index (κ1) is 23.6. The Morgan fingerprint density at radius 3 is 2.06 bits per heavy atom. The molecular weight excluding hydrogens is 425 g/mol. The molecule has 32 heavy (non-hydrogen) atoms. The van der Waals surface area contributed by atoms with Crippen LogP contribution in [0.25, 0.3) is 0 Å². The summed E-state index contributed by atoms with van der Waals surface area (Å²) < 4.78 is 40.6. The van der Waals surface area contributed by atoms with Crippen LogP contribution < -0.4 is 15.8 Å². The summed E-state index contributed by atoms with van der Waals surface area (Å²) in [6.45, 7) is 4.00. The number of carbonyl (C=O) groups excluding carboxylic acids is 2. The second-order valence-corrected chi connectivity index (χ2v) is 7.52. The van der Waals surface area contributed by atoms with Crippen molar-refractivity contribution in [2.75, 3.05) is 31.5 Å². The van der Waals surface area contributed by atoms with Gasteiger partial charge in [0.25, 0.3) is 0 Å². The van der Waals surface area contributed by atoms with Crippen molar-refractivity contribution in [3.8, 4) is 5.75 Å². The van der Waals surface area contributed by atoms with E-state index in [1.807, 2.05) is 40.1 Å². The molecule has 2 atom stereocenters. The molecule has 1 fully saturated rings. The van der Waals surface area contributed by atoms with Gasteiger partial charge in [0.05, 0.1) is 6.04 Å². The smallest absolute Gasteiger partial charge is 0.406 e. The van der Waals surface area contributed by atoms with Crippen molar-refractivity contribution in [2.45, 2.75) is 25.4 Å². The number of nitrogens with two attached hydrogens (primary N) is 1. The SMILES string of the molecule is C[C@@H](C(=O)Nc1ccc(OC(F)(F)F)cc1)N1CCN([C@@H](C(N)=O)c2ccccc2)CC1. The zero-order valence-corrected chi connectivity index (χ0v) is 17.5. The standard InChI is InChI=1S/C22H25F3N4O3/c1-15(21(31)27-17-7-9-18(10-8-17)32-22(23,24)25)28-11-13-29(14-12-28)19(20(26)30)16-5-3-2-4-6-16/h2-10,15,19H,11-14H2,1H3,(H2,26,30)(H,27,31)/t15-,19+/m0/s1. The molecule has 3 N–H and O–H groups in total. The van der Waals surface area contributed by atoms with E-state index in [1.54, 1.807) is 6.92 Å². The van der Waals surface area contributed by atoms with Gasteiger partial charge in [-0.05, 0) is 36.8 Å². The van der Waals surface area contributed by atoms with Crippen LogP contribution in [0.15, 0.2) is 54.6 Å². The molecule has 10 heteroatoms. The molecule has 1 saturated heterocycles. The minimum absolute atomic E-state index is 0.280. The summed E-state index contributed by atoms with van der Waals surface area (Å²) in [6.07, 6.45) is -4.77. The predicted molar refractivity (Wildman–Crippen MR) is 113 cm³/mol. The first-order valence-corrected chi connectivity index (χ1v) is 10.1. The molecule has 1 aliphatic rings. The van der Waals surface area contributed by atoms with Gasteiger partial charge in [-0.3, -0.25) is 19.4 Å². The monoisotopic (exact) mass is 450 g/mol. The van der Waals surface area contributed by atoms with Crippen LogP contribution in [0.1, 0.15) is 18.5 Å². The lowest BCUT2D eigenvalue weighted by atomic mass is 10.0. The second-order valence-electron chi connectivity index (χ2n) is 7.52. The lowest BCUT2D eigenvalue weighted by Gasteiger charge is -2.40. The van der Waals surface area contributed by atoms with Crippen LogP contribution in [-0.2, 0) is 9.59 Å². The number of primary amides is 1. The number of hydrogen-bond donors (Lipinski definition) is 2. The highest BCUT2D eigenvalue weighted by atomic mass is 19.4. The Kier molecular flexibility index (Phi) is 7.37. The number of anilines is 1. The molecule has 1 aliphatic heterocycles. The molecule has 0 bridgehead atoms. The topological polar surface area (TPSA) is 87.9 Å². The highest BCUT2D eigenvalue weighted by molar-refractivity contribution is 5.94. The Balaban J connectivity index is 1.55. The van der Waals surface area contributed by atoms with Crippen LogP contribution in [0.5, 0.6) is 5.75 Å². The van der Waals surface area contributed by atoms with E-state index in [1.165, 1.54) is 12.1 Å². The summed E-state index contributed by atoms with van der Waals surface area (Å²) in [7, 11) is 0. The Morgan fingerprint density at radius 2 is 1.53 bits per heavy atom. The Morgan fingerprint density at radius 1 is 0.969 bits per heavy atom. The Labute approximate surface area is 183 Å². The number of nitrogens with one attached hydrogen (secondary N) is 1. The summed E-state index contributed by atoms with van der Waals surface area (Å²) >= 11 is 0. The molecule has 0 spiro atoms. The molecular formula is C22H25F3N4O3. The maximum Gasteiger partial charge on any atom is 0.573 e. The number of ether oxygens (including phenoxy) is 1. The molecule has 2 aromatic carbocycles. The highest BCUT2D eigenvalue weighted by Gasteiger charge is 2.32. The summed E-state index contributed by atoms with van der Waals surface area (Å²) in [4.78, 5) is 28.7. The number of amides is 2. The van der Waals surface area contributed by atoms with Gasteiger partial charge < -0.3 is 15.8 Å². The van der Waals surface area contributed by atoms with Crippen molar-refractivity contribution >= 4 is 17.5 Å². The highest BCUT2D eigenvalue weighted by Crippen LogP contribution is 2.25. The quantitative estimate of drug-likeness (QED) is 0.678. The van der Waals surface area contributed by atoms with Gasteiger partial charge in [0.1, 0.15) is 11.8 Å². The Bertz CT molecular complexity index is 914. The fraction of sp³-hybridized carbons (Fsp3) is 0.364. The third kappa shape index (κ3) is 6.21. The molecule has 0 radical (unpaired) electrons. The van der Waals surface area contributed by atoms with Crippen molar-refractivity contribution < 1.29 is 27.5 Å². The normalized spacial score (nSPS) is 17.4. The fourth-order valence-electron chi connectivity index (χ4n) is 3.73. The zero-order valence-electron chi connectivity index (χ0n) is 17.5. The number of benzene rings is 2. The average Bonchev–Trinajstić information content (AvgIpc) is 2.75. The molecule has 3 rings (SSSR count). The number of rotatable bonds is 7. The van der Waals surface area contributed by atoms with Gasteiger partial charge in [-0.2, -0.15) is 0 Å². The molecule has 2 aromatic rings. The maximum atomic E-state index is 12.6. The lowest BCUT2D eigenvalue weighted by molar-refractivity contribution is -0.274. The largest absolute Gasteiger partial charge is 0.573 e. The summed E-state index contributed by atoms with van der Waals surface area (Å²) in [6, 6.07) is 13.3. The number of piperazine rings is 1. The van der Waals surface area contributed by atoms with E-state index < -0.39 is 24.4 Å². The van der Waals surface area contributed by atoms with Crippen molar-refractivity contribution in [1.29, 1.82) is 0 Å². The second kappa shape index (κ2) is 10.0. The van der Waals surface area contributed by atoms with E-state index in [0.717, 1.165) is 17.7 Å². The summed E-state index contributed by atoms with van der Waals surface area (Å²) in [5.41, 5.74) is 6.84. The third-order valence-electron chi connectivity index (χ3n) is 5.38. The van der Waals surface area contributed by atoms with Crippen molar-refractivity contribution in [1.82, 2.24) is 9.80 Å². The van der Waals surface area contributed by atoms with E-state index in [-0.39, 0.29) is 11.7 Å². The fourth-order valence-corrected chi connectivity index (χ4v) is 3.73. The minimum Gasteiger partial charge on any atom is -0.406 e. The van der Waals surface area contributed by atoms with Crippen LogP contribution in [0.4, 0.5) is 18.9 Å². The van der Waals surface area contributed by atoms with Gasteiger partial charge in [0.2, 0.25) is 11.8 Å². The molecule has 7 nitrogen and oxygen atoms in total. The Hall–Kier alpha value is -3.11. The van der Waals surface area contributed by atoms with E-state index in [9.17, 15) is 22.8 Å². The van der Waals surface area contributed by atoms with E-state index in [4.69, 9.17) is 5.73 Å². The number of nitrogens with zero attached hydrogens (tertiary/aromatic N) is 2. The zero-order chi connectivity index (χ0) is 23.3. The number of alkyl halides is 3. The van der Waals surface area contributed by atoms with Crippen LogP contribution in [0.2, 0.25) is 0 Å². The van der Waals surface area contributed by atoms with Crippen molar-refractivity contribution in [3.05, 3.63) is 60.2 Å². The maximum absolute atomic E-state index is 12.6. The van der Waals surface area contributed by atoms with Crippen LogP contribution in [-0.4, -0.2) is 60.2 Å². The first-order chi connectivity index (χ1) is 15.1. The van der Waals surface area contributed by atoms with Gasteiger partial charge in [-0.1, -0.05) is 30.3 Å². The molecule has 1 heterocycles. The molecule has 0 aromatic heterocycles. The van der Waals surface area contributed by atoms with Crippen LogP contribution in [0, 0.1) is 0 Å². The van der Waals surface area contributed by atoms with Gasteiger partial charge in [0.15, 0.2) is 0 Å². The van der Waals surface area contributed by atoms with E-state index in [2.05, 4.69) is 10.1 Å². The third-order valence-corrected chi connectivity index (χ3v) is 5.38. The predicted octanol–water partition coefficient (Wildman–Crippen LogP) is 2.76. The molecule has 0 saturated carbocycles. The van der Waals surface area contributed by atoms with Gasteiger partial charge in [-0.15, -0.1) is 13.2 Å². The minimum atomic E-state index is -4.77. The molecule has 172 valence electrons. The lowest BCUT2D eigenvalue weighted by Crippen LogP contribution is -2.54. The van der Waals surface area contributed by atoms with Crippen LogP contribution in [0.3, 0.4) is 0 Å². The van der Waals surface area contributed by atoms with Crippen LogP contribution >= 0.6 is 0 Å². The number of halogens is 3. The van der Waals surface area contributed by atoms with Gasteiger partial charge in [0, 0.05) is 31.9 Å². The first-order valence-electron chi connectivity index (χ1n) is 10.1. The van der Waals surface area contributed by atoms with Gasteiger partial charge in [-0.25, -0.2) is 0 Å². The van der Waals surface area contributed by atoms with Gasteiger partial charge >= 0.3 is 6.36 Å². The van der Waals surface area contributed by atoms with Crippen molar-refractivity contribution in [2.24, 2.45) is 5.73 Å². The molecule has 2 amide bonds. The average molecular weight is 450 g/mol. The summed E-state index contributed by atoms with van der Waals surface area (Å²) in [5, 5.41) is 2.70. The number of hydrogen-bond acceptors (Lipinski definition) is 5. The van der Waals surface area contributed by atoms with E-state index in [0.29, 0.717) is 31.9 Å². The van der Waals surface area contributed by atoms with Crippen molar-refractivity contribution in [3.63, 3.8) is 0 Å².